The quantitative estimate of drug-likeness (QED) is 0.813. The number of carboxylic acids is 1. The molecule has 5 heteroatoms. The molecule has 0 spiro atoms. The lowest BCUT2D eigenvalue weighted by atomic mass is 10.2. The topological polar surface area (TPSA) is 46.5 Å². The Bertz CT molecular complexity index is 619. The van der Waals surface area contributed by atoms with Crippen molar-refractivity contribution in [3.05, 3.63) is 62.8 Å². The molecule has 0 fully saturated rings. The van der Waals surface area contributed by atoms with E-state index in [1.807, 2.05) is 36.4 Å². The molecule has 0 atom stereocenters. The summed E-state index contributed by atoms with van der Waals surface area (Å²) in [5, 5.41) is 9.25. The third kappa shape index (κ3) is 4.81. The van der Waals surface area contributed by atoms with E-state index in [-0.39, 0.29) is 0 Å². The predicted molar refractivity (Wildman–Crippen MR) is 80.9 cm³/mol. The number of rotatable bonds is 6. The number of carboxylic acid groups (broad SMARTS) is 1. The van der Waals surface area contributed by atoms with E-state index >= 15 is 0 Å². The van der Waals surface area contributed by atoms with Crippen LogP contribution in [0.5, 0.6) is 0 Å². The minimum Gasteiger partial charge on any atom is -0.478 e. The average Bonchev–Trinajstić information content (AvgIpc) is 2.84. The fraction of sp³-hybridized carbons (Fsp3) is 0.133. The molecule has 1 heterocycles. The highest BCUT2D eigenvalue weighted by molar-refractivity contribution is 7.12. The standard InChI is InChI=1S/C15H13ClO3S/c16-12-3-1-2-11(8-12)9-19-10-14-5-4-13(20-14)6-7-15(17)18/h1-8H,9-10H2,(H,17,18). The monoisotopic (exact) mass is 308 g/mol. The van der Waals surface area contributed by atoms with Crippen molar-refractivity contribution in [1.82, 2.24) is 0 Å². The molecule has 0 aliphatic heterocycles. The van der Waals surface area contributed by atoms with Crippen molar-refractivity contribution in [2.75, 3.05) is 0 Å². The summed E-state index contributed by atoms with van der Waals surface area (Å²) in [7, 11) is 0. The molecule has 0 unspecified atom stereocenters. The van der Waals surface area contributed by atoms with Gasteiger partial charge in [-0.25, -0.2) is 4.79 Å². The van der Waals surface area contributed by atoms with Gasteiger partial charge in [-0.3, -0.25) is 0 Å². The number of thiophene rings is 1. The van der Waals surface area contributed by atoms with Gasteiger partial charge in [0.1, 0.15) is 0 Å². The Kier molecular flexibility index (Phi) is 5.35. The van der Waals surface area contributed by atoms with Crippen molar-refractivity contribution < 1.29 is 14.6 Å². The maximum Gasteiger partial charge on any atom is 0.328 e. The third-order valence-electron chi connectivity index (χ3n) is 2.47. The summed E-state index contributed by atoms with van der Waals surface area (Å²) in [4.78, 5) is 12.4. The molecule has 0 saturated heterocycles. The largest absolute Gasteiger partial charge is 0.478 e. The van der Waals surface area contributed by atoms with Crippen LogP contribution in [-0.4, -0.2) is 11.1 Å². The molecule has 104 valence electrons. The van der Waals surface area contributed by atoms with Gasteiger partial charge in [-0.2, -0.15) is 0 Å². The minimum absolute atomic E-state index is 0.498. The molecule has 2 rings (SSSR count). The molecular weight excluding hydrogens is 296 g/mol. The van der Waals surface area contributed by atoms with Crippen LogP contribution >= 0.6 is 22.9 Å². The Morgan fingerprint density at radius 3 is 2.90 bits per heavy atom. The predicted octanol–water partition coefficient (Wildman–Crippen LogP) is 4.22. The number of benzene rings is 1. The van der Waals surface area contributed by atoms with Crippen LogP contribution in [0.15, 0.2) is 42.5 Å². The maximum atomic E-state index is 10.4. The van der Waals surface area contributed by atoms with Crippen molar-refractivity contribution >= 4 is 35.0 Å². The molecule has 2 aromatic rings. The van der Waals surface area contributed by atoms with E-state index in [1.165, 1.54) is 11.3 Å². The van der Waals surface area contributed by atoms with Crippen LogP contribution in [0.4, 0.5) is 0 Å². The Labute approximate surface area is 126 Å². The smallest absolute Gasteiger partial charge is 0.328 e. The first-order chi connectivity index (χ1) is 9.63. The van der Waals surface area contributed by atoms with Gasteiger partial charge in [-0.15, -0.1) is 11.3 Å². The Morgan fingerprint density at radius 2 is 2.15 bits per heavy atom. The van der Waals surface area contributed by atoms with Gasteiger partial charge in [-0.05, 0) is 35.9 Å². The number of hydrogen-bond acceptors (Lipinski definition) is 3. The fourth-order valence-electron chi connectivity index (χ4n) is 1.61. The number of aliphatic carboxylic acids is 1. The second kappa shape index (κ2) is 7.24. The van der Waals surface area contributed by atoms with Crippen LogP contribution in [0.25, 0.3) is 6.08 Å². The van der Waals surface area contributed by atoms with Gasteiger partial charge in [0.05, 0.1) is 13.2 Å². The third-order valence-corrected chi connectivity index (χ3v) is 3.73. The van der Waals surface area contributed by atoms with Gasteiger partial charge < -0.3 is 9.84 Å². The summed E-state index contributed by atoms with van der Waals surface area (Å²) in [6, 6.07) is 11.4. The molecule has 0 aliphatic carbocycles. The van der Waals surface area contributed by atoms with Crippen molar-refractivity contribution in [3.8, 4) is 0 Å². The lowest BCUT2D eigenvalue weighted by Crippen LogP contribution is -1.92. The highest BCUT2D eigenvalue weighted by atomic mass is 35.5. The van der Waals surface area contributed by atoms with Crippen molar-refractivity contribution in [2.24, 2.45) is 0 Å². The number of halogens is 1. The number of carbonyl (C=O) groups is 1. The van der Waals surface area contributed by atoms with Crippen LogP contribution in [0.2, 0.25) is 5.02 Å². The van der Waals surface area contributed by atoms with Crippen molar-refractivity contribution in [1.29, 1.82) is 0 Å². The van der Waals surface area contributed by atoms with E-state index in [0.29, 0.717) is 18.2 Å². The van der Waals surface area contributed by atoms with Crippen molar-refractivity contribution in [3.63, 3.8) is 0 Å². The molecular formula is C15H13ClO3S. The van der Waals surface area contributed by atoms with Crippen molar-refractivity contribution in [2.45, 2.75) is 13.2 Å². The summed E-state index contributed by atoms with van der Waals surface area (Å²) in [6.45, 7) is 0.997. The highest BCUT2D eigenvalue weighted by Gasteiger charge is 2.00. The number of hydrogen-bond donors (Lipinski definition) is 1. The first-order valence-corrected chi connectivity index (χ1v) is 7.15. The van der Waals surface area contributed by atoms with Crippen LogP contribution in [0.1, 0.15) is 15.3 Å². The normalized spacial score (nSPS) is 11.1. The molecule has 1 aromatic carbocycles. The van der Waals surface area contributed by atoms with E-state index in [4.69, 9.17) is 21.4 Å². The van der Waals surface area contributed by atoms with Gasteiger partial charge in [0.2, 0.25) is 0 Å². The zero-order valence-electron chi connectivity index (χ0n) is 10.6. The van der Waals surface area contributed by atoms with E-state index in [9.17, 15) is 4.79 Å². The van der Waals surface area contributed by atoms with Crippen LogP contribution < -0.4 is 0 Å². The van der Waals surface area contributed by atoms with E-state index in [1.54, 1.807) is 6.08 Å². The molecule has 1 N–H and O–H groups in total. The highest BCUT2D eigenvalue weighted by Crippen LogP contribution is 2.19. The van der Waals surface area contributed by atoms with Crippen LogP contribution in [0.3, 0.4) is 0 Å². The SMILES string of the molecule is O=C(O)C=Cc1ccc(COCc2cccc(Cl)c2)s1. The van der Waals surface area contributed by atoms with E-state index in [2.05, 4.69) is 0 Å². The van der Waals surface area contributed by atoms with Gasteiger partial charge >= 0.3 is 5.97 Å². The van der Waals surface area contributed by atoms with Gasteiger partial charge in [0, 0.05) is 20.9 Å². The number of ether oxygens (including phenoxy) is 1. The van der Waals surface area contributed by atoms with Crippen LogP contribution in [-0.2, 0) is 22.7 Å². The summed E-state index contributed by atoms with van der Waals surface area (Å²) in [5.41, 5.74) is 1.03. The van der Waals surface area contributed by atoms with Gasteiger partial charge in [0.25, 0.3) is 0 Å². The molecule has 0 bridgehead atoms. The first kappa shape index (κ1) is 14.8. The maximum absolute atomic E-state index is 10.4. The Morgan fingerprint density at radius 1 is 1.30 bits per heavy atom. The zero-order valence-corrected chi connectivity index (χ0v) is 12.2. The van der Waals surface area contributed by atoms with Crippen LogP contribution in [0, 0.1) is 0 Å². The Hall–Kier alpha value is -1.62. The molecule has 3 nitrogen and oxygen atoms in total. The second-order valence-corrected chi connectivity index (χ2v) is 5.73. The Balaban J connectivity index is 1.84. The minimum atomic E-state index is -0.947. The molecule has 0 aliphatic rings. The second-order valence-electron chi connectivity index (χ2n) is 4.10. The molecule has 1 aromatic heterocycles. The zero-order chi connectivity index (χ0) is 14.4. The van der Waals surface area contributed by atoms with E-state index < -0.39 is 5.97 Å². The van der Waals surface area contributed by atoms with E-state index in [0.717, 1.165) is 21.4 Å². The average molecular weight is 309 g/mol. The lowest BCUT2D eigenvalue weighted by molar-refractivity contribution is -0.131. The molecule has 20 heavy (non-hydrogen) atoms. The summed E-state index contributed by atoms with van der Waals surface area (Å²) in [6.07, 6.45) is 2.70. The van der Waals surface area contributed by atoms with Gasteiger partial charge in [-0.1, -0.05) is 23.7 Å². The summed E-state index contributed by atoms with van der Waals surface area (Å²) >= 11 is 7.41. The van der Waals surface area contributed by atoms with Gasteiger partial charge in [0.15, 0.2) is 0 Å². The molecule has 0 radical (unpaired) electrons. The fourth-order valence-corrected chi connectivity index (χ4v) is 2.68. The summed E-state index contributed by atoms with van der Waals surface area (Å²) in [5.74, 6) is -0.947. The lowest BCUT2D eigenvalue weighted by Gasteiger charge is -2.03. The molecule has 0 saturated carbocycles. The molecule has 0 amide bonds. The first-order valence-electron chi connectivity index (χ1n) is 5.95. The summed E-state index contributed by atoms with van der Waals surface area (Å²) < 4.78 is 5.61.